The number of hydrogen-bond donors (Lipinski definition) is 2. The number of rotatable bonds is 5. The molecule has 1 saturated heterocycles. The van der Waals surface area contributed by atoms with Crippen molar-refractivity contribution in [2.24, 2.45) is 0 Å². The quantitative estimate of drug-likeness (QED) is 0.791. The molecule has 2 rings (SSSR count). The SMILES string of the molecule is CCOC(=O)c1cccc(NC(=O)N2CCN(CCO)CC2)c1. The summed E-state index contributed by atoms with van der Waals surface area (Å²) in [6.45, 7) is 5.55. The van der Waals surface area contributed by atoms with Crippen LogP contribution in [-0.4, -0.2) is 72.8 Å². The summed E-state index contributed by atoms with van der Waals surface area (Å²) in [5.41, 5.74) is 0.982. The summed E-state index contributed by atoms with van der Waals surface area (Å²) in [6.07, 6.45) is 0. The molecule has 0 aliphatic carbocycles. The molecule has 0 spiro atoms. The van der Waals surface area contributed by atoms with Gasteiger partial charge in [-0.25, -0.2) is 9.59 Å². The lowest BCUT2D eigenvalue weighted by Gasteiger charge is -2.34. The number of piperazine rings is 1. The number of aliphatic hydroxyl groups excluding tert-OH is 1. The van der Waals surface area contributed by atoms with Crippen molar-refractivity contribution in [3.05, 3.63) is 29.8 Å². The van der Waals surface area contributed by atoms with E-state index in [2.05, 4.69) is 10.2 Å². The Labute approximate surface area is 135 Å². The highest BCUT2D eigenvalue weighted by Gasteiger charge is 2.20. The van der Waals surface area contributed by atoms with Crippen molar-refractivity contribution in [3.63, 3.8) is 0 Å². The van der Waals surface area contributed by atoms with E-state index in [4.69, 9.17) is 9.84 Å². The predicted molar refractivity (Wildman–Crippen MR) is 86.5 cm³/mol. The number of aliphatic hydroxyl groups is 1. The molecule has 2 amide bonds. The molecule has 1 aromatic carbocycles. The summed E-state index contributed by atoms with van der Waals surface area (Å²) in [5.74, 6) is -0.402. The molecule has 1 heterocycles. The van der Waals surface area contributed by atoms with E-state index in [0.717, 1.165) is 13.1 Å². The first-order valence-electron chi connectivity index (χ1n) is 7.80. The minimum absolute atomic E-state index is 0.132. The number of carbonyl (C=O) groups excluding carboxylic acids is 2. The molecule has 0 atom stereocenters. The first-order valence-corrected chi connectivity index (χ1v) is 7.80. The number of nitrogens with zero attached hydrogens (tertiary/aromatic N) is 2. The van der Waals surface area contributed by atoms with E-state index < -0.39 is 5.97 Å². The molecule has 0 radical (unpaired) electrons. The molecule has 1 aliphatic rings. The van der Waals surface area contributed by atoms with Gasteiger partial charge in [0.2, 0.25) is 0 Å². The van der Waals surface area contributed by atoms with Crippen LogP contribution >= 0.6 is 0 Å². The summed E-state index contributed by atoms with van der Waals surface area (Å²) in [5, 5.41) is 11.7. The molecule has 7 heteroatoms. The van der Waals surface area contributed by atoms with Gasteiger partial charge >= 0.3 is 12.0 Å². The first-order chi connectivity index (χ1) is 11.1. The van der Waals surface area contributed by atoms with Crippen LogP contribution in [0.5, 0.6) is 0 Å². The number of carbonyl (C=O) groups is 2. The average molecular weight is 321 g/mol. The van der Waals surface area contributed by atoms with Gasteiger partial charge in [0.05, 0.1) is 18.8 Å². The van der Waals surface area contributed by atoms with Crippen LogP contribution in [0.2, 0.25) is 0 Å². The summed E-state index contributed by atoms with van der Waals surface area (Å²) in [7, 11) is 0. The third-order valence-electron chi connectivity index (χ3n) is 3.70. The average Bonchev–Trinajstić information content (AvgIpc) is 2.56. The van der Waals surface area contributed by atoms with E-state index in [9.17, 15) is 9.59 Å². The fraction of sp³-hybridized carbons (Fsp3) is 0.500. The smallest absolute Gasteiger partial charge is 0.338 e. The molecule has 0 aromatic heterocycles. The second-order valence-corrected chi connectivity index (χ2v) is 5.28. The van der Waals surface area contributed by atoms with Crippen LogP contribution in [0.3, 0.4) is 0 Å². The third kappa shape index (κ3) is 4.94. The van der Waals surface area contributed by atoms with E-state index in [0.29, 0.717) is 37.5 Å². The zero-order valence-electron chi connectivity index (χ0n) is 13.3. The summed E-state index contributed by atoms with van der Waals surface area (Å²) >= 11 is 0. The van der Waals surface area contributed by atoms with Crippen molar-refractivity contribution in [2.75, 3.05) is 51.3 Å². The van der Waals surface area contributed by atoms with Gasteiger partial charge in [0, 0.05) is 38.4 Å². The molecule has 23 heavy (non-hydrogen) atoms. The highest BCUT2D eigenvalue weighted by molar-refractivity contribution is 5.94. The van der Waals surface area contributed by atoms with Gasteiger partial charge in [-0.15, -0.1) is 0 Å². The zero-order valence-corrected chi connectivity index (χ0v) is 13.3. The third-order valence-corrected chi connectivity index (χ3v) is 3.70. The molecule has 0 bridgehead atoms. The van der Waals surface area contributed by atoms with Crippen molar-refractivity contribution < 1.29 is 19.4 Å². The van der Waals surface area contributed by atoms with Crippen LogP contribution in [0, 0.1) is 0 Å². The Morgan fingerprint density at radius 3 is 2.65 bits per heavy atom. The van der Waals surface area contributed by atoms with Gasteiger partial charge in [0.25, 0.3) is 0 Å². The lowest BCUT2D eigenvalue weighted by molar-refractivity contribution is 0.0526. The van der Waals surface area contributed by atoms with Gasteiger partial charge in [0.15, 0.2) is 0 Å². The molecule has 1 aliphatic heterocycles. The first kappa shape index (κ1) is 17.2. The van der Waals surface area contributed by atoms with Crippen molar-refractivity contribution in [1.29, 1.82) is 0 Å². The number of nitrogens with one attached hydrogen (secondary N) is 1. The Kier molecular flexibility index (Phi) is 6.37. The summed E-state index contributed by atoms with van der Waals surface area (Å²) in [6, 6.07) is 6.53. The maximum Gasteiger partial charge on any atom is 0.338 e. The zero-order chi connectivity index (χ0) is 16.7. The highest BCUT2D eigenvalue weighted by Crippen LogP contribution is 2.13. The van der Waals surface area contributed by atoms with E-state index >= 15 is 0 Å². The van der Waals surface area contributed by atoms with Gasteiger partial charge in [-0.1, -0.05) is 6.07 Å². The van der Waals surface area contributed by atoms with Gasteiger partial charge in [-0.2, -0.15) is 0 Å². The number of esters is 1. The number of benzene rings is 1. The van der Waals surface area contributed by atoms with Crippen molar-refractivity contribution in [1.82, 2.24) is 9.80 Å². The molecular formula is C16H23N3O4. The molecule has 7 nitrogen and oxygen atoms in total. The lowest BCUT2D eigenvalue weighted by Crippen LogP contribution is -2.50. The Hall–Kier alpha value is -2.12. The summed E-state index contributed by atoms with van der Waals surface area (Å²) in [4.78, 5) is 27.8. The molecule has 0 unspecified atom stereocenters. The minimum Gasteiger partial charge on any atom is -0.462 e. The standard InChI is InChI=1S/C16H23N3O4/c1-2-23-15(21)13-4-3-5-14(12-13)17-16(22)19-8-6-18(7-9-19)10-11-20/h3-5,12,20H,2,6-11H2,1H3,(H,17,22). The largest absolute Gasteiger partial charge is 0.462 e. The van der Waals surface area contributed by atoms with Gasteiger partial charge < -0.3 is 20.1 Å². The van der Waals surface area contributed by atoms with Crippen LogP contribution < -0.4 is 5.32 Å². The van der Waals surface area contributed by atoms with Crippen molar-refractivity contribution in [3.8, 4) is 0 Å². The highest BCUT2D eigenvalue weighted by atomic mass is 16.5. The molecule has 126 valence electrons. The van der Waals surface area contributed by atoms with Gasteiger partial charge in [-0.3, -0.25) is 4.90 Å². The van der Waals surface area contributed by atoms with Crippen LogP contribution in [-0.2, 0) is 4.74 Å². The van der Waals surface area contributed by atoms with Crippen LogP contribution in [0.15, 0.2) is 24.3 Å². The van der Waals surface area contributed by atoms with Gasteiger partial charge in [0.1, 0.15) is 0 Å². The number of ether oxygens (including phenoxy) is 1. The van der Waals surface area contributed by atoms with E-state index in [1.54, 1.807) is 36.1 Å². The fourth-order valence-electron chi connectivity index (χ4n) is 2.46. The van der Waals surface area contributed by atoms with Crippen LogP contribution in [0.25, 0.3) is 0 Å². The Balaban J connectivity index is 1.90. The maximum absolute atomic E-state index is 12.3. The monoisotopic (exact) mass is 321 g/mol. The molecule has 2 N–H and O–H groups in total. The fourth-order valence-corrected chi connectivity index (χ4v) is 2.46. The van der Waals surface area contributed by atoms with E-state index in [1.807, 2.05) is 0 Å². The number of anilines is 1. The molecule has 0 saturated carbocycles. The lowest BCUT2D eigenvalue weighted by atomic mass is 10.2. The Morgan fingerprint density at radius 1 is 1.26 bits per heavy atom. The maximum atomic E-state index is 12.3. The molecule has 1 aromatic rings. The van der Waals surface area contributed by atoms with Crippen molar-refractivity contribution >= 4 is 17.7 Å². The Bertz CT molecular complexity index is 542. The van der Waals surface area contributed by atoms with Crippen LogP contribution in [0.1, 0.15) is 17.3 Å². The van der Waals surface area contributed by atoms with E-state index in [1.165, 1.54) is 0 Å². The second kappa shape index (κ2) is 8.50. The predicted octanol–water partition coefficient (Wildman–Crippen LogP) is 1.01. The number of β-amino-alcohol motifs (C(OH)–C–C–N with tert-alkyl or cyclic N) is 1. The second-order valence-electron chi connectivity index (χ2n) is 5.28. The number of amides is 2. The molecular weight excluding hydrogens is 298 g/mol. The van der Waals surface area contributed by atoms with E-state index in [-0.39, 0.29) is 12.6 Å². The van der Waals surface area contributed by atoms with Crippen LogP contribution in [0.4, 0.5) is 10.5 Å². The normalized spacial score (nSPS) is 15.3. The molecule has 1 fully saturated rings. The topological polar surface area (TPSA) is 82.1 Å². The number of hydrogen-bond acceptors (Lipinski definition) is 5. The number of urea groups is 1. The summed E-state index contributed by atoms with van der Waals surface area (Å²) < 4.78 is 4.95. The van der Waals surface area contributed by atoms with Gasteiger partial charge in [-0.05, 0) is 25.1 Å². The Morgan fingerprint density at radius 2 is 2.00 bits per heavy atom. The minimum atomic E-state index is -0.402. The van der Waals surface area contributed by atoms with Crippen molar-refractivity contribution in [2.45, 2.75) is 6.92 Å².